The molecule has 18 heteroatoms. The molecule has 0 unspecified atom stereocenters. The summed E-state index contributed by atoms with van der Waals surface area (Å²) in [7, 11) is -10.9. The van der Waals surface area contributed by atoms with E-state index in [-0.39, 0.29) is 11.3 Å². The Hall–Kier alpha value is -4.10. The number of amides is 1. The van der Waals surface area contributed by atoms with Crippen molar-refractivity contribution in [2.45, 2.75) is 76.8 Å². The first kappa shape index (κ1) is 45.9. The Bertz CT molecular complexity index is 2420. The van der Waals surface area contributed by atoms with Gasteiger partial charge in [-0.3, -0.25) is 9.69 Å². The Morgan fingerprint density at radius 1 is 0.887 bits per heavy atom. The molecule has 3 heterocycles. The molecule has 7 rings (SSSR count). The molecular formula is C44H49ClF3N5O6S3. The van der Waals surface area contributed by atoms with E-state index in [2.05, 4.69) is 20.9 Å². The summed E-state index contributed by atoms with van der Waals surface area (Å²) in [6, 6.07) is 26.1. The van der Waals surface area contributed by atoms with Gasteiger partial charge in [0.05, 0.1) is 23.8 Å². The monoisotopic (exact) mass is 931 g/mol. The van der Waals surface area contributed by atoms with Gasteiger partial charge in [0.15, 0.2) is 0 Å². The van der Waals surface area contributed by atoms with Gasteiger partial charge in [-0.2, -0.15) is 13.2 Å². The Morgan fingerprint density at radius 2 is 1.58 bits per heavy atom. The van der Waals surface area contributed by atoms with Crippen molar-refractivity contribution in [1.82, 2.24) is 14.9 Å². The third-order valence-electron chi connectivity index (χ3n) is 11.5. The lowest BCUT2D eigenvalue weighted by Crippen LogP contribution is -2.35. The van der Waals surface area contributed by atoms with Crippen LogP contribution in [0.4, 0.5) is 24.5 Å². The smallest absolute Gasteiger partial charge is 0.384 e. The molecule has 3 aliphatic rings. The van der Waals surface area contributed by atoms with Crippen molar-refractivity contribution in [3.8, 4) is 0 Å². The van der Waals surface area contributed by atoms with Gasteiger partial charge in [0.2, 0.25) is 0 Å². The van der Waals surface area contributed by atoms with Crippen molar-refractivity contribution in [2.75, 3.05) is 55.8 Å². The lowest BCUT2D eigenvalue weighted by atomic mass is 9.96. The second kappa shape index (κ2) is 20.2. The summed E-state index contributed by atoms with van der Waals surface area (Å²) >= 11 is 7.54. The van der Waals surface area contributed by atoms with E-state index in [0.717, 1.165) is 60.3 Å². The number of thioether (sulfide) groups is 1. The highest BCUT2D eigenvalue weighted by molar-refractivity contribution is 7.99. The van der Waals surface area contributed by atoms with Crippen molar-refractivity contribution in [1.29, 1.82) is 0 Å². The summed E-state index contributed by atoms with van der Waals surface area (Å²) in [5.74, 6) is -0.644. The van der Waals surface area contributed by atoms with Crippen molar-refractivity contribution in [3.63, 3.8) is 0 Å². The number of hydrogen-bond donors (Lipinski definition) is 4. The second-order valence-corrected chi connectivity index (χ2v) is 20.7. The molecule has 0 aliphatic carbocycles. The van der Waals surface area contributed by atoms with Crippen molar-refractivity contribution in [2.24, 2.45) is 0 Å². The van der Waals surface area contributed by atoms with Crippen molar-refractivity contribution >= 4 is 66.1 Å². The van der Waals surface area contributed by atoms with Crippen LogP contribution >= 0.6 is 23.4 Å². The molecule has 0 radical (unpaired) electrons. The molecule has 0 saturated carbocycles. The molecule has 62 heavy (non-hydrogen) atoms. The summed E-state index contributed by atoms with van der Waals surface area (Å²) in [5, 5.41) is 10.4. The largest absolute Gasteiger partial charge is 0.501 e. The molecule has 2 fully saturated rings. The van der Waals surface area contributed by atoms with Gasteiger partial charge >= 0.3 is 5.51 Å². The van der Waals surface area contributed by atoms with Gasteiger partial charge in [0.1, 0.15) is 4.90 Å². The zero-order chi connectivity index (χ0) is 43.9. The summed E-state index contributed by atoms with van der Waals surface area (Å²) in [4.78, 5) is 14.5. The summed E-state index contributed by atoms with van der Waals surface area (Å²) in [6.45, 7) is 3.62. The molecule has 2 saturated heterocycles. The maximum Gasteiger partial charge on any atom is 0.501 e. The number of anilines is 2. The van der Waals surface area contributed by atoms with E-state index >= 15 is 0 Å². The molecular weight excluding hydrogens is 883 g/mol. The number of hydrogen-bond acceptors (Lipinski definition) is 11. The van der Waals surface area contributed by atoms with E-state index in [9.17, 15) is 34.8 Å². The Labute approximate surface area is 370 Å². The first-order chi connectivity index (χ1) is 29.7. The average Bonchev–Trinajstić information content (AvgIpc) is 3.84. The summed E-state index contributed by atoms with van der Waals surface area (Å²) < 4.78 is 103. The Morgan fingerprint density at radius 3 is 2.26 bits per heavy atom. The Balaban J connectivity index is 0.991. The number of carbonyl (C=O) groups excluding carboxylic acids is 1. The minimum absolute atomic E-state index is 0.0390. The number of sulfonamides is 1. The summed E-state index contributed by atoms with van der Waals surface area (Å²) in [5.41, 5.74) is -1.98. The van der Waals surface area contributed by atoms with Crippen LogP contribution in [0.25, 0.3) is 5.57 Å². The van der Waals surface area contributed by atoms with Gasteiger partial charge < -0.3 is 20.7 Å². The SMILES string of the molecule is O=C(NS(=O)(=O)c1ccc(N[C@H](CCN2C3CCC2CC3)CSc2ccccc2)c(S(=O)(=O)C(F)(F)F)c1)c1ccc(NCCNCC2=C(c3ccc(Cl)cc3)CCOC2)cc1. The average molecular weight is 933 g/mol. The molecule has 11 nitrogen and oxygen atoms in total. The van der Waals surface area contributed by atoms with Crippen LogP contribution in [0.1, 0.15) is 54.4 Å². The lowest BCUT2D eigenvalue weighted by molar-refractivity contribution is -0.0435. The van der Waals surface area contributed by atoms with Crippen molar-refractivity contribution in [3.05, 3.63) is 119 Å². The number of sulfone groups is 1. The molecule has 1 amide bonds. The molecule has 4 aromatic rings. The van der Waals surface area contributed by atoms with Crippen LogP contribution in [-0.2, 0) is 24.6 Å². The van der Waals surface area contributed by atoms with Gasteiger partial charge in [-0.1, -0.05) is 41.9 Å². The molecule has 0 aromatic heterocycles. The first-order valence-corrected chi connectivity index (χ1v) is 24.8. The molecule has 1 atom stereocenters. The van der Waals surface area contributed by atoms with Gasteiger partial charge in [0, 0.05) is 71.2 Å². The van der Waals surface area contributed by atoms with Crippen LogP contribution < -0.4 is 20.7 Å². The number of nitrogens with one attached hydrogen (secondary N) is 4. The molecule has 0 spiro atoms. The molecule has 4 aromatic carbocycles. The number of carbonyl (C=O) groups is 1. The van der Waals surface area contributed by atoms with Gasteiger partial charge in [0.25, 0.3) is 25.8 Å². The number of fused-ring (bicyclic) bond motifs is 2. The predicted octanol–water partition coefficient (Wildman–Crippen LogP) is 8.22. The van der Waals surface area contributed by atoms with Gasteiger partial charge in [-0.25, -0.2) is 21.6 Å². The molecule has 332 valence electrons. The van der Waals surface area contributed by atoms with Crippen LogP contribution in [0.15, 0.2) is 117 Å². The highest BCUT2D eigenvalue weighted by Crippen LogP contribution is 2.39. The van der Waals surface area contributed by atoms with E-state index in [4.69, 9.17) is 16.3 Å². The highest BCUT2D eigenvalue weighted by atomic mass is 35.5. The topological polar surface area (TPSA) is 146 Å². The van der Waals surface area contributed by atoms with Crippen LogP contribution in [0.3, 0.4) is 0 Å². The number of ether oxygens (including phenoxy) is 1. The van der Waals surface area contributed by atoms with Crippen LogP contribution in [0, 0.1) is 0 Å². The van der Waals surface area contributed by atoms with E-state index < -0.39 is 47.1 Å². The van der Waals surface area contributed by atoms with Crippen LogP contribution in [0.5, 0.6) is 0 Å². The number of benzene rings is 4. The van der Waals surface area contributed by atoms with Crippen LogP contribution in [0.2, 0.25) is 5.02 Å². The Kier molecular flexibility index (Phi) is 14.9. The molecule has 2 bridgehead atoms. The highest BCUT2D eigenvalue weighted by Gasteiger charge is 2.48. The zero-order valence-corrected chi connectivity index (χ0v) is 37.0. The fraction of sp³-hybridized carbons (Fsp3) is 0.386. The first-order valence-electron chi connectivity index (χ1n) is 20.5. The van der Waals surface area contributed by atoms with Gasteiger partial charge in [-0.15, -0.1) is 11.8 Å². The van der Waals surface area contributed by atoms with E-state index in [1.54, 1.807) is 12.1 Å². The van der Waals surface area contributed by atoms with E-state index in [0.29, 0.717) is 80.4 Å². The fourth-order valence-electron chi connectivity index (χ4n) is 8.26. The second-order valence-electron chi connectivity index (χ2n) is 15.6. The molecule has 3 aliphatic heterocycles. The standard InChI is InChI=1S/C44H49ClF3N5O6S3/c45-33-10-6-30(7-11-33)40-21-25-59-28-32(40)27-49-22-23-50-34-12-8-31(9-13-34)43(54)52-62(57,58)39-18-19-41(42(26-39)61(55,56)44(46,47)48)51-35(29-60-38-4-2-1-3-5-38)20-24-53-36-14-15-37(53)17-16-36/h1-13,18-19,26,35-37,49-51H,14-17,20-25,27-29H2,(H,52,54)/t35-,36?,37?/m1/s1. The minimum atomic E-state index is -6.04. The van der Waals surface area contributed by atoms with Crippen molar-refractivity contribution < 1.29 is 39.5 Å². The fourth-order valence-corrected chi connectivity index (χ4v) is 11.4. The van der Waals surface area contributed by atoms with E-state index in [1.807, 2.05) is 59.3 Å². The maximum atomic E-state index is 14.2. The normalized spacial score (nSPS) is 18.8. The lowest BCUT2D eigenvalue weighted by Gasteiger charge is -2.27. The third kappa shape index (κ3) is 11.3. The zero-order valence-electron chi connectivity index (χ0n) is 33.8. The van der Waals surface area contributed by atoms with E-state index in [1.165, 1.54) is 29.5 Å². The quantitative estimate of drug-likeness (QED) is 0.0533. The number of nitrogens with zero attached hydrogens (tertiary/aromatic N) is 1. The molecule has 4 N–H and O–H groups in total. The predicted molar refractivity (Wildman–Crippen MR) is 238 cm³/mol. The maximum absolute atomic E-state index is 14.2. The van der Waals surface area contributed by atoms with Gasteiger partial charge in [-0.05, 0) is 122 Å². The number of halogens is 4. The van der Waals surface area contributed by atoms with Crippen LogP contribution in [-0.4, -0.2) is 96.4 Å². The number of alkyl halides is 3. The summed E-state index contributed by atoms with van der Waals surface area (Å²) in [6.07, 6.45) is 5.73. The third-order valence-corrected chi connectivity index (χ3v) is 15.8. The minimum Gasteiger partial charge on any atom is -0.384 e. The number of rotatable bonds is 19.